The predicted octanol–water partition coefficient (Wildman–Crippen LogP) is 3.17. The number of aromatic nitrogens is 2. The van der Waals surface area contributed by atoms with E-state index in [1.165, 1.54) is 6.07 Å². The second-order valence-electron chi connectivity index (χ2n) is 5.26. The Labute approximate surface area is 142 Å². The maximum atomic E-state index is 10.8. The van der Waals surface area contributed by atoms with Crippen LogP contribution in [-0.4, -0.2) is 26.2 Å². The van der Waals surface area contributed by atoms with Crippen LogP contribution in [0, 0.1) is 0 Å². The van der Waals surface area contributed by atoms with Crippen molar-refractivity contribution in [3.05, 3.63) is 82.6 Å². The fraction of sp³-hybridized carbons (Fsp3) is 0. The molecule has 124 valence electrons. The zero-order valence-corrected chi connectivity index (χ0v) is 13.0. The third kappa shape index (κ3) is 3.64. The van der Waals surface area contributed by atoms with E-state index in [0.717, 1.165) is 17.0 Å². The first-order valence-electron chi connectivity index (χ1n) is 7.45. The summed E-state index contributed by atoms with van der Waals surface area (Å²) in [6.07, 6.45) is 0. The summed E-state index contributed by atoms with van der Waals surface area (Å²) in [5, 5.41) is 19.6. The number of fused-ring (bicyclic) bond motifs is 2. The zero-order chi connectivity index (χ0) is 17.8. The molecule has 0 atom stereocenters. The standard InChI is InChI=1S/C10H7NO3.C9H7NO/c12-9-5-7(10(13)14)6-3-1-2-4-8(6)11-9;11-9-6-5-7-3-1-2-4-8(7)10-9/h1-5H,(H,11,12)(H,13,14);1-6H,(H,10,11). The Morgan fingerprint density at radius 3 is 2.48 bits per heavy atom. The lowest BCUT2D eigenvalue weighted by Gasteiger charge is -2.01. The molecule has 25 heavy (non-hydrogen) atoms. The second-order valence-corrected chi connectivity index (χ2v) is 5.26. The molecule has 4 rings (SSSR count). The van der Waals surface area contributed by atoms with Gasteiger partial charge in [-0.15, -0.1) is 0 Å². The molecule has 0 amide bonds. The van der Waals surface area contributed by atoms with E-state index < -0.39 is 5.97 Å². The van der Waals surface area contributed by atoms with Crippen molar-refractivity contribution in [3.8, 4) is 5.88 Å². The first kappa shape index (κ1) is 16.2. The maximum absolute atomic E-state index is 10.8. The highest BCUT2D eigenvalue weighted by molar-refractivity contribution is 6.02. The Morgan fingerprint density at radius 1 is 0.960 bits per heavy atom. The van der Waals surface area contributed by atoms with Gasteiger partial charge in [0, 0.05) is 23.0 Å². The smallest absolute Gasteiger partial charge is 0.336 e. The number of para-hydroxylation sites is 2. The SMILES string of the molecule is O=C(O)c1cc(O)nc2ccccc12.O=c1ccc2ccccc2[nH]1. The monoisotopic (exact) mass is 334 g/mol. The molecular formula is C19H14N2O4. The van der Waals surface area contributed by atoms with E-state index >= 15 is 0 Å². The van der Waals surface area contributed by atoms with Gasteiger partial charge in [0.25, 0.3) is 0 Å². The van der Waals surface area contributed by atoms with Gasteiger partial charge in [0.2, 0.25) is 11.4 Å². The van der Waals surface area contributed by atoms with Gasteiger partial charge in [0.05, 0.1) is 11.1 Å². The van der Waals surface area contributed by atoms with E-state index in [-0.39, 0.29) is 17.0 Å². The number of carboxylic acids is 1. The molecule has 0 unspecified atom stereocenters. The molecule has 0 aliphatic carbocycles. The second kappa shape index (κ2) is 6.84. The average molecular weight is 334 g/mol. The molecule has 2 heterocycles. The number of nitrogens with zero attached hydrogens (tertiary/aromatic N) is 1. The lowest BCUT2D eigenvalue weighted by molar-refractivity contribution is 0.0698. The Morgan fingerprint density at radius 2 is 1.68 bits per heavy atom. The molecule has 0 spiro atoms. The summed E-state index contributed by atoms with van der Waals surface area (Å²) in [5.74, 6) is -1.35. The van der Waals surface area contributed by atoms with Gasteiger partial charge in [-0.2, -0.15) is 0 Å². The van der Waals surface area contributed by atoms with Crippen LogP contribution in [0.25, 0.3) is 21.8 Å². The number of pyridine rings is 2. The molecule has 0 saturated carbocycles. The van der Waals surface area contributed by atoms with E-state index in [0.29, 0.717) is 10.9 Å². The minimum Gasteiger partial charge on any atom is -0.493 e. The van der Waals surface area contributed by atoms with Crippen molar-refractivity contribution < 1.29 is 15.0 Å². The molecular weight excluding hydrogens is 320 g/mol. The molecule has 3 N–H and O–H groups in total. The zero-order valence-electron chi connectivity index (χ0n) is 13.0. The third-order valence-electron chi connectivity index (χ3n) is 3.57. The number of aromatic amines is 1. The summed E-state index contributed by atoms with van der Waals surface area (Å²) < 4.78 is 0. The number of hydrogen-bond donors (Lipinski definition) is 3. The number of rotatable bonds is 1. The molecule has 2 aromatic carbocycles. The number of hydrogen-bond acceptors (Lipinski definition) is 4. The molecule has 0 aliphatic rings. The van der Waals surface area contributed by atoms with Crippen molar-refractivity contribution in [1.82, 2.24) is 9.97 Å². The van der Waals surface area contributed by atoms with Gasteiger partial charge in [0.15, 0.2) is 0 Å². The lowest BCUT2D eigenvalue weighted by Crippen LogP contribution is -2.01. The number of nitrogens with one attached hydrogen (secondary N) is 1. The van der Waals surface area contributed by atoms with Gasteiger partial charge >= 0.3 is 5.97 Å². The number of H-pyrrole nitrogens is 1. The Bertz CT molecular complexity index is 1120. The normalized spacial score (nSPS) is 10.2. The van der Waals surface area contributed by atoms with Gasteiger partial charge in [-0.1, -0.05) is 36.4 Å². The van der Waals surface area contributed by atoms with Gasteiger partial charge in [-0.05, 0) is 23.6 Å². The summed E-state index contributed by atoms with van der Waals surface area (Å²) >= 11 is 0. The molecule has 0 saturated heterocycles. The maximum Gasteiger partial charge on any atom is 0.336 e. The van der Waals surface area contributed by atoms with Crippen LogP contribution in [0.4, 0.5) is 0 Å². The van der Waals surface area contributed by atoms with Crippen molar-refractivity contribution in [2.24, 2.45) is 0 Å². The number of aromatic carboxylic acids is 1. The highest BCUT2D eigenvalue weighted by Gasteiger charge is 2.10. The largest absolute Gasteiger partial charge is 0.493 e. The number of carboxylic acid groups (broad SMARTS) is 1. The van der Waals surface area contributed by atoms with Gasteiger partial charge < -0.3 is 15.2 Å². The fourth-order valence-electron chi connectivity index (χ4n) is 2.43. The van der Waals surface area contributed by atoms with Crippen LogP contribution in [0.15, 0.2) is 71.5 Å². The first-order valence-corrected chi connectivity index (χ1v) is 7.45. The van der Waals surface area contributed by atoms with Crippen LogP contribution in [0.3, 0.4) is 0 Å². The van der Waals surface area contributed by atoms with E-state index in [4.69, 9.17) is 5.11 Å². The van der Waals surface area contributed by atoms with Crippen LogP contribution >= 0.6 is 0 Å². The molecule has 0 aliphatic heterocycles. The van der Waals surface area contributed by atoms with Gasteiger partial charge in [0.1, 0.15) is 0 Å². The van der Waals surface area contributed by atoms with Gasteiger partial charge in [-0.25, -0.2) is 9.78 Å². The molecule has 6 heteroatoms. The van der Waals surface area contributed by atoms with E-state index in [2.05, 4.69) is 9.97 Å². The molecule has 4 aromatic rings. The Kier molecular flexibility index (Phi) is 4.43. The molecule has 0 bridgehead atoms. The summed E-state index contributed by atoms with van der Waals surface area (Å²) in [4.78, 5) is 28.2. The summed E-state index contributed by atoms with van der Waals surface area (Å²) in [6.45, 7) is 0. The van der Waals surface area contributed by atoms with Crippen LogP contribution in [0.2, 0.25) is 0 Å². The van der Waals surface area contributed by atoms with Crippen LogP contribution in [-0.2, 0) is 0 Å². The number of benzene rings is 2. The average Bonchev–Trinajstić information content (AvgIpc) is 2.61. The van der Waals surface area contributed by atoms with Crippen LogP contribution in [0.5, 0.6) is 5.88 Å². The highest BCUT2D eigenvalue weighted by atomic mass is 16.4. The summed E-state index contributed by atoms with van der Waals surface area (Å²) in [6, 6.07) is 19.0. The first-order chi connectivity index (χ1) is 12.0. The van der Waals surface area contributed by atoms with Crippen molar-refractivity contribution in [1.29, 1.82) is 0 Å². The van der Waals surface area contributed by atoms with E-state index in [1.807, 2.05) is 30.3 Å². The topological polar surface area (TPSA) is 103 Å². The minimum absolute atomic E-state index is 0.0521. The van der Waals surface area contributed by atoms with Crippen molar-refractivity contribution >= 4 is 27.8 Å². The van der Waals surface area contributed by atoms with E-state index in [9.17, 15) is 14.7 Å². The fourth-order valence-corrected chi connectivity index (χ4v) is 2.43. The van der Waals surface area contributed by atoms with Crippen LogP contribution in [0.1, 0.15) is 10.4 Å². The molecule has 0 fully saturated rings. The minimum atomic E-state index is -1.07. The van der Waals surface area contributed by atoms with Crippen molar-refractivity contribution in [3.63, 3.8) is 0 Å². The highest BCUT2D eigenvalue weighted by Crippen LogP contribution is 2.20. The van der Waals surface area contributed by atoms with Crippen LogP contribution < -0.4 is 5.56 Å². The quantitative estimate of drug-likeness (QED) is 0.496. The molecule has 0 radical (unpaired) electrons. The van der Waals surface area contributed by atoms with Crippen molar-refractivity contribution in [2.45, 2.75) is 0 Å². The Hall–Kier alpha value is -3.67. The summed E-state index contributed by atoms with van der Waals surface area (Å²) in [5.41, 5.74) is 1.38. The van der Waals surface area contributed by atoms with E-state index in [1.54, 1.807) is 24.3 Å². The number of carbonyl (C=O) groups is 1. The summed E-state index contributed by atoms with van der Waals surface area (Å²) in [7, 11) is 0. The Balaban J connectivity index is 0.000000150. The van der Waals surface area contributed by atoms with Crippen molar-refractivity contribution in [2.75, 3.05) is 0 Å². The third-order valence-corrected chi connectivity index (χ3v) is 3.57. The van der Waals surface area contributed by atoms with Gasteiger partial charge in [-0.3, -0.25) is 4.79 Å². The number of aromatic hydroxyl groups is 1. The lowest BCUT2D eigenvalue weighted by atomic mass is 10.1. The molecule has 6 nitrogen and oxygen atoms in total. The molecule has 2 aromatic heterocycles. The predicted molar refractivity (Wildman–Crippen MR) is 94.9 cm³/mol.